The van der Waals surface area contributed by atoms with Crippen LogP contribution in [0.1, 0.15) is 12.6 Å². The average Bonchev–Trinajstić information content (AvgIpc) is 2.89. The standard InChI is InChI=1S/C13H15N3O2S/c1-3-18-10-5-4-8(6-11(10)17-2)13-16-9(7-19-13)12(14)15/h4-7H,3H2,1-2H3,(H3,14,15). The summed E-state index contributed by atoms with van der Waals surface area (Å²) in [4.78, 5) is 4.30. The van der Waals surface area contributed by atoms with Crippen molar-refractivity contribution in [1.82, 2.24) is 4.98 Å². The Morgan fingerprint density at radius 3 is 2.79 bits per heavy atom. The minimum Gasteiger partial charge on any atom is -0.493 e. The third kappa shape index (κ3) is 2.85. The van der Waals surface area contributed by atoms with Crippen LogP contribution < -0.4 is 15.2 Å². The first-order valence-electron chi connectivity index (χ1n) is 5.76. The van der Waals surface area contributed by atoms with E-state index in [1.165, 1.54) is 11.3 Å². The van der Waals surface area contributed by atoms with Gasteiger partial charge in [0.1, 0.15) is 16.5 Å². The van der Waals surface area contributed by atoms with Crippen LogP contribution in [0.5, 0.6) is 11.5 Å². The molecule has 0 bridgehead atoms. The van der Waals surface area contributed by atoms with Crippen LogP contribution in [0.15, 0.2) is 23.6 Å². The van der Waals surface area contributed by atoms with Gasteiger partial charge in [-0.25, -0.2) is 4.98 Å². The highest BCUT2D eigenvalue weighted by atomic mass is 32.1. The quantitative estimate of drug-likeness (QED) is 0.650. The first-order valence-corrected chi connectivity index (χ1v) is 6.64. The molecule has 1 aromatic carbocycles. The fourth-order valence-corrected chi connectivity index (χ4v) is 2.42. The first-order chi connectivity index (χ1) is 9.15. The van der Waals surface area contributed by atoms with Gasteiger partial charge in [0, 0.05) is 10.9 Å². The predicted octanol–water partition coefficient (Wildman–Crippen LogP) is 2.50. The molecule has 0 saturated carbocycles. The second-order valence-electron chi connectivity index (χ2n) is 3.75. The van der Waals surface area contributed by atoms with Gasteiger partial charge in [-0.2, -0.15) is 0 Å². The molecule has 5 nitrogen and oxygen atoms in total. The molecular weight excluding hydrogens is 262 g/mol. The van der Waals surface area contributed by atoms with Crippen molar-refractivity contribution in [2.75, 3.05) is 13.7 Å². The maximum atomic E-state index is 7.36. The van der Waals surface area contributed by atoms with E-state index >= 15 is 0 Å². The van der Waals surface area contributed by atoms with Crippen LogP contribution in [0, 0.1) is 5.41 Å². The van der Waals surface area contributed by atoms with E-state index in [4.69, 9.17) is 20.6 Å². The molecule has 2 rings (SSSR count). The van der Waals surface area contributed by atoms with Crippen molar-refractivity contribution < 1.29 is 9.47 Å². The SMILES string of the molecule is CCOc1ccc(-c2nc(C(=N)N)cs2)cc1OC. The summed E-state index contributed by atoms with van der Waals surface area (Å²) < 4.78 is 10.8. The molecule has 0 atom stereocenters. The summed E-state index contributed by atoms with van der Waals surface area (Å²) in [5.74, 6) is 1.34. The van der Waals surface area contributed by atoms with E-state index in [0.29, 0.717) is 23.8 Å². The number of nitrogens with two attached hydrogens (primary N) is 1. The van der Waals surface area contributed by atoms with Gasteiger partial charge in [-0.3, -0.25) is 5.41 Å². The van der Waals surface area contributed by atoms with Gasteiger partial charge in [0.15, 0.2) is 11.5 Å². The maximum absolute atomic E-state index is 7.36. The normalized spacial score (nSPS) is 10.2. The lowest BCUT2D eigenvalue weighted by molar-refractivity contribution is 0.311. The minimum absolute atomic E-state index is 0.0274. The molecule has 0 amide bonds. The lowest BCUT2D eigenvalue weighted by atomic mass is 10.2. The van der Waals surface area contributed by atoms with Gasteiger partial charge >= 0.3 is 0 Å². The zero-order chi connectivity index (χ0) is 13.8. The van der Waals surface area contributed by atoms with Crippen molar-refractivity contribution in [3.8, 4) is 22.1 Å². The van der Waals surface area contributed by atoms with Gasteiger partial charge in [0.05, 0.1) is 13.7 Å². The maximum Gasteiger partial charge on any atom is 0.161 e. The van der Waals surface area contributed by atoms with Gasteiger partial charge in [-0.1, -0.05) is 0 Å². The van der Waals surface area contributed by atoms with Crippen molar-refractivity contribution >= 4 is 17.2 Å². The van der Waals surface area contributed by atoms with Crippen molar-refractivity contribution in [2.45, 2.75) is 6.92 Å². The van der Waals surface area contributed by atoms with Crippen molar-refractivity contribution in [2.24, 2.45) is 5.73 Å². The number of methoxy groups -OCH3 is 1. The summed E-state index contributed by atoms with van der Waals surface area (Å²) in [5, 5.41) is 9.92. The van der Waals surface area contributed by atoms with Crippen molar-refractivity contribution in [3.63, 3.8) is 0 Å². The lowest BCUT2D eigenvalue weighted by Gasteiger charge is -2.09. The van der Waals surface area contributed by atoms with Crippen LogP contribution >= 0.6 is 11.3 Å². The number of ether oxygens (including phenoxy) is 2. The Morgan fingerprint density at radius 1 is 1.42 bits per heavy atom. The number of rotatable bonds is 5. The minimum atomic E-state index is -0.0274. The molecule has 0 aliphatic carbocycles. The van der Waals surface area contributed by atoms with Gasteiger partial charge in [0.2, 0.25) is 0 Å². The Morgan fingerprint density at radius 2 is 2.21 bits per heavy atom. The van der Waals surface area contributed by atoms with Gasteiger partial charge in [-0.05, 0) is 25.1 Å². The molecule has 0 aliphatic heterocycles. The van der Waals surface area contributed by atoms with Crippen LogP contribution in [-0.2, 0) is 0 Å². The molecule has 1 heterocycles. The zero-order valence-electron chi connectivity index (χ0n) is 10.8. The summed E-state index contributed by atoms with van der Waals surface area (Å²) >= 11 is 1.44. The predicted molar refractivity (Wildman–Crippen MR) is 76.3 cm³/mol. The van der Waals surface area contributed by atoms with E-state index in [2.05, 4.69) is 4.98 Å². The smallest absolute Gasteiger partial charge is 0.161 e. The molecule has 2 aromatic rings. The van der Waals surface area contributed by atoms with E-state index < -0.39 is 0 Å². The first kappa shape index (κ1) is 13.4. The van der Waals surface area contributed by atoms with E-state index in [-0.39, 0.29) is 5.84 Å². The highest BCUT2D eigenvalue weighted by Gasteiger charge is 2.10. The Hall–Kier alpha value is -2.08. The number of aromatic nitrogens is 1. The summed E-state index contributed by atoms with van der Waals surface area (Å²) in [6.45, 7) is 2.51. The fourth-order valence-electron chi connectivity index (χ4n) is 1.61. The molecule has 0 fully saturated rings. The van der Waals surface area contributed by atoms with Crippen LogP contribution in [0.2, 0.25) is 0 Å². The van der Waals surface area contributed by atoms with Crippen LogP contribution in [-0.4, -0.2) is 24.5 Å². The summed E-state index contributed by atoms with van der Waals surface area (Å²) in [6, 6.07) is 5.64. The van der Waals surface area contributed by atoms with Crippen LogP contribution in [0.25, 0.3) is 10.6 Å². The second kappa shape index (κ2) is 5.71. The molecule has 1 aromatic heterocycles. The molecule has 0 aliphatic rings. The van der Waals surface area contributed by atoms with Gasteiger partial charge in [-0.15, -0.1) is 11.3 Å². The third-order valence-electron chi connectivity index (χ3n) is 2.49. The number of hydrogen-bond acceptors (Lipinski definition) is 5. The van der Waals surface area contributed by atoms with Crippen LogP contribution in [0.4, 0.5) is 0 Å². The molecular formula is C13H15N3O2S. The van der Waals surface area contributed by atoms with E-state index in [1.807, 2.05) is 25.1 Å². The largest absolute Gasteiger partial charge is 0.493 e. The summed E-state index contributed by atoms with van der Waals surface area (Å²) in [6.07, 6.45) is 0. The number of thiazole rings is 1. The van der Waals surface area contributed by atoms with Crippen molar-refractivity contribution in [1.29, 1.82) is 5.41 Å². The molecule has 3 N–H and O–H groups in total. The molecule has 0 unspecified atom stereocenters. The number of nitrogens with one attached hydrogen (secondary N) is 1. The molecule has 0 spiro atoms. The second-order valence-corrected chi connectivity index (χ2v) is 4.61. The Kier molecular flexibility index (Phi) is 4.01. The summed E-state index contributed by atoms with van der Waals surface area (Å²) in [5.41, 5.74) is 6.82. The molecule has 0 saturated heterocycles. The number of nitrogen functional groups attached to an aromatic ring is 1. The molecule has 19 heavy (non-hydrogen) atoms. The van der Waals surface area contributed by atoms with Gasteiger partial charge < -0.3 is 15.2 Å². The summed E-state index contributed by atoms with van der Waals surface area (Å²) in [7, 11) is 1.60. The molecule has 100 valence electrons. The molecule has 0 radical (unpaired) electrons. The molecule has 6 heteroatoms. The number of hydrogen-bond donors (Lipinski definition) is 2. The number of benzene rings is 1. The zero-order valence-corrected chi connectivity index (χ0v) is 11.6. The van der Waals surface area contributed by atoms with E-state index in [1.54, 1.807) is 12.5 Å². The highest BCUT2D eigenvalue weighted by Crippen LogP contribution is 2.33. The number of amidine groups is 1. The third-order valence-corrected chi connectivity index (χ3v) is 3.38. The fraction of sp³-hybridized carbons (Fsp3) is 0.231. The monoisotopic (exact) mass is 277 g/mol. The lowest BCUT2D eigenvalue weighted by Crippen LogP contribution is -2.11. The highest BCUT2D eigenvalue weighted by molar-refractivity contribution is 7.13. The van der Waals surface area contributed by atoms with Crippen LogP contribution in [0.3, 0.4) is 0 Å². The number of nitrogens with zero attached hydrogens (tertiary/aromatic N) is 1. The Balaban J connectivity index is 2.36. The van der Waals surface area contributed by atoms with E-state index in [0.717, 1.165) is 10.6 Å². The topological polar surface area (TPSA) is 81.2 Å². The Bertz CT molecular complexity index is 595. The average molecular weight is 277 g/mol. The van der Waals surface area contributed by atoms with Gasteiger partial charge in [0.25, 0.3) is 0 Å². The Labute approximate surface area is 115 Å². The van der Waals surface area contributed by atoms with Crippen molar-refractivity contribution in [3.05, 3.63) is 29.3 Å². The van der Waals surface area contributed by atoms with E-state index in [9.17, 15) is 0 Å².